The first-order valence-corrected chi connectivity index (χ1v) is 9.17. The van der Waals surface area contributed by atoms with Crippen LogP contribution in [0.1, 0.15) is 42.6 Å². The van der Waals surface area contributed by atoms with Gasteiger partial charge in [-0.2, -0.15) is 5.10 Å². The zero-order valence-electron chi connectivity index (χ0n) is 14.1. The third-order valence-electron chi connectivity index (χ3n) is 4.56. The molecule has 0 unspecified atom stereocenters. The molecule has 2 aromatic rings. The fourth-order valence-corrected chi connectivity index (χ4v) is 3.59. The summed E-state index contributed by atoms with van der Waals surface area (Å²) in [7, 11) is 0. The zero-order valence-corrected chi connectivity index (χ0v) is 15.7. The number of benzene rings is 1. The minimum atomic E-state index is 0.509. The second-order valence-electron chi connectivity index (χ2n) is 6.41. The van der Waals surface area contributed by atoms with Gasteiger partial charge in [-0.3, -0.25) is 4.68 Å². The summed E-state index contributed by atoms with van der Waals surface area (Å²) in [6.45, 7) is 4.79. The van der Waals surface area contributed by atoms with Crippen molar-refractivity contribution < 1.29 is 0 Å². The van der Waals surface area contributed by atoms with Gasteiger partial charge in [0.05, 0.1) is 23.6 Å². The van der Waals surface area contributed by atoms with Gasteiger partial charge >= 0.3 is 0 Å². The van der Waals surface area contributed by atoms with Crippen molar-refractivity contribution in [3.63, 3.8) is 0 Å². The topological polar surface area (TPSA) is 41.9 Å². The molecule has 6 heteroatoms. The average Bonchev–Trinajstić information content (AvgIpc) is 3.14. The van der Waals surface area contributed by atoms with E-state index in [0.717, 1.165) is 22.1 Å². The van der Waals surface area contributed by atoms with Crippen molar-refractivity contribution in [1.29, 1.82) is 0 Å². The number of hydrogen-bond acceptors (Lipinski definition) is 2. The van der Waals surface area contributed by atoms with E-state index in [1.807, 2.05) is 35.9 Å². The monoisotopic (exact) mass is 362 g/mol. The second kappa shape index (κ2) is 7.53. The van der Waals surface area contributed by atoms with Gasteiger partial charge < -0.3 is 10.6 Å². The van der Waals surface area contributed by atoms with E-state index in [-0.39, 0.29) is 0 Å². The second-order valence-corrected chi connectivity index (χ2v) is 7.25. The number of aryl methyl sites for hydroxylation is 1. The van der Waals surface area contributed by atoms with E-state index in [2.05, 4.69) is 22.7 Å². The Morgan fingerprint density at radius 1 is 1.25 bits per heavy atom. The van der Waals surface area contributed by atoms with Gasteiger partial charge in [-0.05, 0) is 56.6 Å². The third kappa shape index (κ3) is 4.08. The van der Waals surface area contributed by atoms with Crippen molar-refractivity contribution in [3.05, 3.63) is 46.2 Å². The summed E-state index contributed by atoms with van der Waals surface area (Å²) in [6, 6.07) is 8.37. The maximum atomic E-state index is 5.95. The first kappa shape index (κ1) is 17.2. The first-order valence-electron chi connectivity index (χ1n) is 8.39. The Hall–Kier alpha value is -1.59. The van der Waals surface area contributed by atoms with Crippen LogP contribution in [0.4, 0.5) is 5.69 Å². The number of aromatic nitrogens is 2. The van der Waals surface area contributed by atoms with Crippen LogP contribution in [0.2, 0.25) is 5.02 Å². The van der Waals surface area contributed by atoms with Crippen LogP contribution in [0.25, 0.3) is 0 Å². The van der Waals surface area contributed by atoms with Crippen LogP contribution in [0.15, 0.2) is 24.3 Å². The van der Waals surface area contributed by atoms with Gasteiger partial charge in [0.2, 0.25) is 0 Å². The Morgan fingerprint density at radius 3 is 2.58 bits per heavy atom. The lowest BCUT2D eigenvalue weighted by Crippen LogP contribution is -2.36. The van der Waals surface area contributed by atoms with E-state index in [4.69, 9.17) is 23.8 Å². The highest BCUT2D eigenvalue weighted by atomic mass is 35.5. The number of nitrogens with one attached hydrogen (secondary N) is 2. The average molecular weight is 363 g/mol. The molecular weight excluding hydrogens is 340 g/mol. The number of anilines is 1. The van der Waals surface area contributed by atoms with Gasteiger partial charge in [0.25, 0.3) is 0 Å². The van der Waals surface area contributed by atoms with Crippen LogP contribution in [0, 0.1) is 13.8 Å². The smallest absolute Gasteiger partial charge is 0.171 e. The number of rotatable bonds is 4. The Labute approximate surface area is 153 Å². The fourth-order valence-electron chi connectivity index (χ4n) is 3.20. The van der Waals surface area contributed by atoms with Gasteiger partial charge in [0.15, 0.2) is 5.11 Å². The van der Waals surface area contributed by atoms with Crippen molar-refractivity contribution in [1.82, 2.24) is 15.1 Å². The highest BCUT2D eigenvalue weighted by Gasteiger charge is 2.17. The van der Waals surface area contributed by atoms with Gasteiger partial charge in [-0.25, -0.2) is 0 Å². The van der Waals surface area contributed by atoms with Crippen LogP contribution < -0.4 is 10.6 Å². The molecule has 1 aromatic carbocycles. The SMILES string of the molecule is Cc1nn(Cc2ccc(Cl)cc2)c(C)c1NC(=S)NC1CCCC1. The third-order valence-corrected chi connectivity index (χ3v) is 5.03. The zero-order chi connectivity index (χ0) is 17.1. The van der Waals surface area contributed by atoms with Crippen molar-refractivity contribution in [2.45, 2.75) is 52.1 Å². The molecule has 0 radical (unpaired) electrons. The molecule has 1 saturated carbocycles. The quantitative estimate of drug-likeness (QED) is 0.789. The molecule has 24 heavy (non-hydrogen) atoms. The summed E-state index contributed by atoms with van der Waals surface area (Å²) in [6.07, 6.45) is 4.99. The number of halogens is 1. The van der Waals surface area contributed by atoms with E-state index in [1.54, 1.807) is 0 Å². The molecule has 1 fully saturated rings. The molecule has 0 aliphatic heterocycles. The minimum Gasteiger partial charge on any atom is -0.360 e. The molecule has 2 N–H and O–H groups in total. The number of hydrogen-bond donors (Lipinski definition) is 2. The highest BCUT2D eigenvalue weighted by molar-refractivity contribution is 7.80. The Kier molecular flexibility index (Phi) is 5.41. The number of thiocarbonyl (C=S) groups is 1. The molecule has 1 aliphatic rings. The van der Waals surface area contributed by atoms with Gasteiger partial charge in [-0.1, -0.05) is 36.6 Å². The lowest BCUT2D eigenvalue weighted by Gasteiger charge is -2.16. The molecule has 1 heterocycles. The van der Waals surface area contributed by atoms with Crippen molar-refractivity contribution >= 4 is 34.6 Å². The van der Waals surface area contributed by atoms with Crippen LogP contribution >= 0.6 is 23.8 Å². The van der Waals surface area contributed by atoms with E-state index in [9.17, 15) is 0 Å². The maximum absolute atomic E-state index is 5.95. The van der Waals surface area contributed by atoms with Crippen LogP contribution in [-0.2, 0) is 6.54 Å². The maximum Gasteiger partial charge on any atom is 0.171 e. The molecule has 3 rings (SSSR count). The molecular formula is C18H23ClN4S. The summed E-state index contributed by atoms with van der Waals surface area (Å²) in [4.78, 5) is 0. The predicted molar refractivity (Wildman–Crippen MR) is 104 cm³/mol. The molecule has 0 bridgehead atoms. The largest absolute Gasteiger partial charge is 0.360 e. The summed E-state index contributed by atoms with van der Waals surface area (Å²) >= 11 is 11.4. The van der Waals surface area contributed by atoms with Crippen LogP contribution in [-0.4, -0.2) is 20.9 Å². The standard InChI is InChI=1S/C18H23ClN4S/c1-12-17(21-18(24)20-16-5-3-4-6-16)13(2)23(22-12)11-14-7-9-15(19)10-8-14/h7-10,16H,3-6,11H2,1-2H3,(H2,20,21,24). The van der Waals surface area contributed by atoms with Gasteiger partial charge in [0.1, 0.15) is 0 Å². The summed E-state index contributed by atoms with van der Waals surface area (Å²) < 4.78 is 2.00. The normalized spacial score (nSPS) is 14.8. The van der Waals surface area contributed by atoms with Crippen molar-refractivity contribution in [3.8, 4) is 0 Å². The number of nitrogens with zero attached hydrogens (tertiary/aromatic N) is 2. The van der Waals surface area contributed by atoms with Crippen molar-refractivity contribution in [2.24, 2.45) is 0 Å². The Bertz CT molecular complexity index is 717. The van der Waals surface area contributed by atoms with E-state index < -0.39 is 0 Å². The lowest BCUT2D eigenvalue weighted by molar-refractivity contribution is 0.634. The van der Waals surface area contributed by atoms with E-state index in [0.29, 0.717) is 17.7 Å². The Morgan fingerprint density at radius 2 is 1.92 bits per heavy atom. The molecule has 0 saturated heterocycles. The van der Waals surface area contributed by atoms with Gasteiger partial charge in [-0.15, -0.1) is 0 Å². The van der Waals surface area contributed by atoms with E-state index in [1.165, 1.54) is 31.2 Å². The molecule has 0 spiro atoms. The van der Waals surface area contributed by atoms with Gasteiger partial charge in [0, 0.05) is 11.1 Å². The van der Waals surface area contributed by atoms with Crippen molar-refractivity contribution in [2.75, 3.05) is 5.32 Å². The van der Waals surface area contributed by atoms with Crippen LogP contribution in [0.3, 0.4) is 0 Å². The molecule has 4 nitrogen and oxygen atoms in total. The summed E-state index contributed by atoms with van der Waals surface area (Å²) in [5, 5.41) is 12.8. The fraction of sp³-hybridized carbons (Fsp3) is 0.444. The molecule has 128 valence electrons. The minimum absolute atomic E-state index is 0.509. The predicted octanol–water partition coefficient (Wildman–Crippen LogP) is 4.43. The van der Waals surface area contributed by atoms with Crippen LogP contribution in [0.5, 0.6) is 0 Å². The lowest BCUT2D eigenvalue weighted by atomic mass is 10.2. The molecule has 0 atom stereocenters. The van der Waals surface area contributed by atoms with E-state index >= 15 is 0 Å². The molecule has 1 aliphatic carbocycles. The summed E-state index contributed by atoms with van der Waals surface area (Å²) in [5.74, 6) is 0. The Balaban J connectivity index is 1.69. The first-order chi connectivity index (χ1) is 11.5. The molecule has 1 aromatic heterocycles. The highest BCUT2D eigenvalue weighted by Crippen LogP contribution is 2.22. The molecule has 0 amide bonds. The summed E-state index contributed by atoms with van der Waals surface area (Å²) in [5.41, 5.74) is 4.21.